The minimum atomic E-state index is -0.363. The van der Waals surface area contributed by atoms with Crippen LogP contribution in [0.4, 0.5) is 11.4 Å². The molecular formula is C20H21N3O5. The molecule has 4 rings (SSSR count). The van der Waals surface area contributed by atoms with Gasteiger partial charge in [0, 0.05) is 38.7 Å². The van der Waals surface area contributed by atoms with Crippen LogP contribution in [0.5, 0.6) is 11.5 Å². The smallest absolute Gasteiger partial charge is 0.292 e. The van der Waals surface area contributed by atoms with Crippen LogP contribution in [0.25, 0.3) is 0 Å². The molecule has 1 saturated heterocycles. The number of carbonyl (C=O) groups is 1. The molecule has 0 spiro atoms. The van der Waals surface area contributed by atoms with E-state index in [9.17, 15) is 14.9 Å². The first-order chi connectivity index (χ1) is 13.6. The minimum Gasteiger partial charge on any atom is -0.454 e. The molecule has 0 radical (unpaired) electrons. The molecule has 0 N–H and O–H groups in total. The van der Waals surface area contributed by atoms with Crippen molar-refractivity contribution in [1.29, 1.82) is 0 Å². The number of carbonyl (C=O) groups excluding carboxylic acids is 1. The fraction of sp³-hybridized carbons (Fsp3) is 0.350. The van der Waals surface area contributed by atoms with Gasteiger partial charge in [-0.15, -0.1) is 0 Å². The van der Waals surface area contributed by atoms with Gasteiger partial charge in [0.25, 0.3) is 5.69 Å². The first-order valence-corrected chi connectivity index (χ1v) is 9.26. The topological polar surface area (TPSA) is 85.2 Å². The molecule has 2 heterocycles. The van der Waals surface area contributed by atoms with Gasteiger partial charge in [0.2, 0.25) is 12.7 Å². The van der Waals surface area contributed by atoms with Crippen molar-refractivity contribution in [3.05, 3.63) is 58.1 Å². The number of nitro groups is 1. The summed E-state index contributed by atoms with van der Waals surface area (Å²) in [5, 5.41) is 11.2. The van der Waals surface area contributed by atoms with Crippen LogP contribution >= 0.6 is 0 Å². The van der Waals surface area contributed by atoms with Crippen molar-refractivity contribution in [3.8, 4) is 11.5 Å². The normalized spacial score (nSPS) is 15.6. The zero-order chi connectivity index (χ0) is 19.5. The van der Waals surface area contributed by atoms with E-state index in [0.717, 1.165) is 17.1 Å². The number of aryl methyl sites for hydroxylation is 1. The van der Waals surface area contributed by atoms with E-state index in [-0.39, 0.29) is 23.3 Å². The maximum atomic E-state index is 12.6. The van der Waals surface area contributed by atoms with E-state index in [1.165, 1.54) is 6.07 Å². The number of piperazine rings is 1. The molecule has 0 aromatic heterocycles. The Hall–Kier alpha value is -3.29. The third-order valence-electron chi connectivity index (χ3n) is 5.12. The second-order valence-electron chi connectivity index (χ2n) is 6.80. The Morgan fingerprint density at radius 3 is 2.57 bits per heavy atom. The monoisotopic (exact) mass is 383 g/mol. The first-order valence-electron chi connectivity index (χ1n) is 9.26. The predicted molar refractivity (Wildman–Crippen MR) is 103 cm³/mol. The molecule has 0 aliphatic carbocycles. The highest BCUT2D eigenvalue weighted by molar-refractivity contribution is 5.77. The SMILES string of the molecule is O=C(CCc1ccc2c(c1)OCO2)N1CCN(c2ccccc2[N+](=O)[O-])CC1. The number of benzene rings is 2. The van der Waals surface area contributed by atoms with Crippen LogP contribution < -0.4 is 14.4 Å². The molecule has 8 nitrogen and oxygen atoms in total. The minimum absolute atomic E-state index is 0.0971. The largest absolute Gasteiger partial charge is 0.454 e. The standard InChI is InChI=1S/C20H21N3O5/c24-20(8-6-15-5-7-18-19(13-15)28-14-27-18)22-11-9-21(10-12-22)16-3-1-2-4-17(16)23(25)26/h1-5,7,13H,6,8-12,14H2. The lowest BCUT2D eigenvalue weighted by atomic mass is 10.1. The van der Waals surface area contributed by atoms with Crippen molar-refractivity contribution >= 4 is 17.3 Å². The maximum absolute atomic E-state index is 12.6. The lowest BCUT2D eigenvalue weighted by Gasteiger charge is -2.35. The zero-order valence-electron chi connectivity index (χ0n) is 15.4. The average molecular weight is 383 g/mol. The molecule has 2 aliphatic heterocycles. The molecule has 1 fully saturated rings. The Balaban J connectivity index is 1.31. The third-order valence-corrected chi connectivity index (χ3v) is 5.12. The highest BCUT2D eigenvalue weighted by atomic mass is 16.7. The Kier molecular flexibility index (Phi) is 5.01. The summed E-state index contributed by atoms with van der Waals surface area (Å²) in [5.41, 5.74) is 1.75. The molecule has 1 amide bonds. The highest BCUT2D eigenvalue weighted by Gasteiger charge is 2.25. The van der Waals surface area contributed by atoms with Gasteiger partial charge in [0.15, 0.2) is 11.5 Å². The molecule has 2 aromatic rings. The van der Waals surface area contributed by atoms with Crippen molar-refractivity contribution in [3.63, 3.8) is 0 Å². The summed E-state index contributed by atoms with van der Waals surface area (Å²) < 4.78 is 10.7. The molecule has 0 unspecified atom stereocenters. The summed E-state index contributed by atoms with van der Waals surface area (Å²) in [6, 6.07) is 12.5. The van der Waals surface area contributed by atoms with E-state index in [0.29, 0.717) is 44.7 Å². The Labute approximate surface area is 162 Å². The van der Waals surface area contributed by atoms with Crippen LogP contribution in [0.3, 0.4) is 0 Å². The van der Waals surface area contributed by atoms with Gasteiger partial charge in [-0.05, 0) is 30.2 Å². The van der Waals surface area contributed by atoms with Gasteiger partial charge >= 0.3 is 0 Å². The van der Waals surface area contributed by atoms with E-state index in [1.54, 1.807) is 18.2 Å². The number of nitrogens with zero attached hydrogens (tertiary/aromatic N) is 3. The van der Waals surface area contributed by atoms with Crippen LogP contribution in [0.1, 0.15) is 12.0 Å². The fourth-order valence-corrected chi connectivity index (χ4v) is 3.59. The quantitative estimate of drug-likeness (QED) is 0.583. The van der Waals surface area contributed by atoms with Gasteiger partial charge in [0.1, 0.15) is 5.69 Å². The number of hydrogen-bond acceptors (Lipinski definition) is 6. The van der Waals surface area contributed by atoms with E-state index < -0.39 is 0 Å². The molecule has 2 aliphatic rings. The number of nitro benzene ring substituents is 1. The van der Waals surface area contributed by atoms with Crippen LogP contribution in [0.15, 0.2) is 42.5 Å². The molecule has 8 heteroatoms. The molecule has 0 saturated carbocycles. The average Bonchev–Trinajstić information content (AvgIpc) is 3.20. The van der Waals surface area contributed by atoms with E-state index in [2.05, 4.69) is 0 Å². The number of fused-ring (bicyclic) bond motifs is 1. The number of hydrogen-bond donors (Lipinski definition) is 0. The zero-order valence-corrected chi connectivity index (χ0v) is 15.4. The Morgan fingerprint density at radius 2 is 1.79 bits per heavy atom. The Bertz CT molecular complexity index is 893. The van der Waals surface area contributed by atoms with Crippen molar-refractivity contribution in [2.45, 2.75) is 12.8 Å². The lowest BCUT2D eigenvalue weighted by Crippen LogP contribution is -2.49. The van der Waals surface area contributed by atoms with E-state index in [4.69, 9.17) is 9.47 Å². The number of anilines is 1. The number of para-hydroxylation sites is 2. The number of rotatable bonds is 5. The lowest BCUT2D eigenvalue weighted by molar-refractivity contribution is -0.384. The summed E-state index contributed by atoms with van der Waals surface area (Å²) in [6.07, 6.45) is 1.06. The molecule has 0 atom stereocenters. The fourth-order valence-electron chi connectivity index (χ4n) is 3.59. The van der Waals surface area contributed by atoms with Crippen molar-refractivity contribution in [1.82, 2.24) is 4.90 Å². The van der Waals surface area contributed by atoms with Gasteiger partial charge in [0.05, 0.1) is 4.92 Å². The Morgan fingerprint density at radius 1 is 1.04 bits per heavy atom. The summed E-state index contributed by atoms with van der Waals surface area (Å²) in [5.74, 6) is 1.56. The third kappa shape index (κ3) is 3.71. The van der Waals surface area contributed by atoms with Crippen LogP contribution in [-0.4, -0.2) is 48.7 Å². The van der Waals surface area contributed by atoms with Gasteiger partial charge in [-0.25, -0.2) is 0 Å². The van der Waals surface area contributed by atoms with Crippen molar-refractivity contribution in [2.75, 3.05) is 37.9 Å². The maximum Gasteiger partial charge on any atom is 0.292 e. The summed E-state index contributed by atoms with van der Waals surface area (Å²) in [6.45, 7) is 2.53. The summed E-state index contributed by atoms with van der Waals surface area (Å²) in [4.78, 5) is 27.2. The first kappa shape index (κ1) is 18.1. The van der Waals surface area contributed by atoms with Gasteiger partial charge in [-0.3, -0.25) is 14.9 Å². The molecule has 2 aromatic carbocycles. The number of ether oxygens (including phenoxy) is 2. The van der Waals surface area contributed by atoms with Gasteiger partial charge < -0.3 is 19.3 Å². The molecule has 28 heavy (non-hydrogen) atoms. The van der Waals surface area contributed by atoms with E-state index >= 15 is 0 Å². The molecule has 0 bridgehead atoms. The highest BCUT2D eigenvalue weighted by Crippen LogP contribution is 2.33. The molecule has 146 valence electrons. The second kappa shape index (κ2) is 7.75. The van der Waals surface area contributed by atoms with Crippen LogP contribution in [-0.2, 0) is 11.2 Å². The number of amides is 1. The summed E-state index contributed by atoms with van der Waals surface area (Å²) in [7, 11) is 0. The predicted octanol–water partition coefficient (Wildman–Crippen LogP) is 2.60. The van der Waals surface area contributed by atoms with Crippen molar-refractivity contribution < 1.29 is 19.2 Å². The van der Waals surface area contributed by atoms with Gasteiger partial charge in [-0.1, -0.05) is 18.2 Å². The van der Waals surface area contributed by atoms with Crippen LogP contribution in [0, 0.1) is 10.1 Å². The summed E-state index contributed by atoms with van der Waals surface area (Å²) >= 11 is 0. The van der Waals surface area contributed by atoms with Crippen LogP contribution in [0.2, 0.25) is 0 Å². The van der Waals surface area contributed by atoms with Gasteiger partial charge in [-0.2, -0.15) is 0 Å². The second-order valence-corrected chi connectivity index (χ2v) is 6.80. The van der Waals surface area contributed by atoms with E-state index in [1.807, 2.05) is 28.0 Å². The molecular weight excluding hydrogens is 362 g/mol. The van der Waals surface area contributed by atoms with Crippen molar-refractivity contribution in [2.24, 2.45) is 0 Å².